The van der Waals surface area contributed by atoms with Crippen molar-refractivity contribution in [1.29, 1.82) is 5.26 Å². The molecule has 0 radical (unpaired) electrons. The number of halogens is 3. The molecule has 2 saturated heterocycles. The van der Waals surface area contributed by atoms with Gasteiger partial charge in [0.1, 0.15) is 35.2 Å². The number of ether oxygens (including phenoxy) is 7. The maximum atomic E-state index is 14.3. The van der Waals surface area contributed by atoms with Gasteiger partial charge < -0.3 is 33.2 Å². The molecule has 14 heteroatoms. The van der Waals surface area contributed by atoms with E-state index in [0.717, 1.165) is 108 Å². The molecule has 0 aromatic heterocycles. The minimum atomic E-state index is -4.85. The molecule has 0 unspecified atom stereocenters. The Labute approximate surface area is 409 Å². The summed E-state index contributed by atoms with van der Waals surface area (Å²) in [5.41, 5.74) is 0.667. The van der Waals surface area contributed by atoms with Crippen LogP contribution in [0.25, 0.3) is 0 Å². The number of nitrogens with zero attached hydrogens (tertiary/aromatic N) is 1. The van der Waals surface area contributed by atoms with E-state index in [9.17, 15) is 27.6 Å². The lowest BCUT2D eigenvalue weighted by molar-refractivity contribution is -0.139. The number of alkyl halides is 3. The van der Waals surface area contributed by atoms with Crippen molar-refractivity contribution < 1.29 is 60.7 Å². The van der Waals surface area contributed by atoms with E-state index in [0.29, 0.717) is 46.8 Å². The number of unbranched alkanes of at least 4 members (excludes halogenated alkanes) is 10. The zero-order chi connectivity index (χ0) is 50.0. The van der Waals surface area contributed by atoms with Gasteiger partial charge >= 0.3 is 24.1 Å². The van der Waals surface area contributed by atoms with Gasteiger partial charge in [0.25, 0.3) is 0 Å². The Morgan fingerprint density at radius 2 is 1.20 bits per heavy atom. The van der Waals surface area contributed by atoms with E-state index in [1.165, 1.54) is 44.2 Å². The van der Waals surface area contributed by atoms with Crippen LogP contribution in [-0.2, 0) is 27.0 Å². The van der Waals surface area contributed by atoms with E-state index in [4.69, 9.17) is 38.4 Å². The van der Waals surface area contributed by atoms with Crippen LogP contribution in [0.5, 0.6) is 23.0 Å². The van der Waals surface area contributed by atoms with Gasteiger partial charge in [-0.15, -0.1) is 0 Å². The van der Waals surface area contributed by atoms with E-state index in [-0.39, 0.29) is 35.8 Å². The molecular weight excluding hydrogens is 904 g/mol. The maximum absolute atomic E-state index is 14.3. The molecule has 0 spiro atoms. The summed E-state index contributed by atoms with van der Waals surface area (Å²) in [5, 5.41) is 9.15. The van der Waals surface area contributed by atoms with Gasteiger partial charge in [0.15, 0.2) is 0 Å². The van der Waals surface area contributed by atoms with Crippen molar-refractivity contribution in [3.8, 4) is 29.1 Å². The molecular formula is C56H66F3NO10. The first-order chi connectivity index (χ1) is 33.7. The molecule has 0 saturated carbocycles. The van der Waals surface area contributed by atoms with Crippen LogP contribution < -0.4 is 18.9 Å². The minimum absolute atomic E-state index is 0.0734. The van der Waals surface area contributed by atoms with Crippen LogP contribution in [0, 0.1) is 29.1 Å². The monoisotopic (exact) mass is 969 g/mol. The number of esters is 3. The van der Waals surface area contributed by atoms with E-state index >= 15 is 0 Å². The summed E-state index contributed by atoms with van der Waals surface area (Å²) in [6.07, 6.45) is 11.0. The smallest absolute Gasteiger partial charge is 0.419 e. The first-order valence-corrected chi connectivity index (χ1v) is 24.7. The van der Waals surface area contributed by atoms with Crippen molar-refractivity contribution in [3.05, 3.63) is 118 Å². The molecule has 70 heavy (non-hydrogen) atoms. The molecule has 4 aromatic rings. The van der Waals surface area contributed by atoms with Crippen LogP contribution in [0.4, 0.5) is 13.2 Å². The number of benzene rings is 4. The predicted octanol–water partition coefficient (Wildman–Crippen LogP) is 13.4. The van der Waals surface area contributed by atoms with Gasteiger partial charge in [0.2, 0.25) is 0 Å². The summed E-state index contributed by atoms with van der Waals surface area (Å²) >= 11 is 0. The van der Waals surface area contributed by atoms with Crippen molar-refractivity contribution in [2.45, 2.75) is 130 Å². The minimum Gasteiger partial charge on any atom is -0.493 e. The third-order valence-corrected chi connectivity index (χ3v) is 13.2. The topological polar surface area (TPSA) is 140 Å². The van der Waals surface area contributed by atoms with Crippen LogP contribution in [0.1, 0.15) is 163 Å². The molecule has 0 amide bonds. The Hall–Kier alpha value is -5.91. The third kappa shape index (κ3) is 15.8. The van der Waals surface area contributed by atoms with Gasteiger partial charge in [0.05, 0.1) is 68.0 Å². The van der Waals surface area contributed by atoms with Gasteiger partial charge in [0, 0.05) is 10.8 Å². The zero-order valence-corrected chi connectivity index (χ0v) is 40.7. The van der Waals surface area contributed by atoms with Crippen molar-refractivity contribution in [1.82, 2.24) is 0 Å². The Morgan fingerprint density at radius 1 is 0.643 bits per heavy atom. The number of carbonyl (C=O) groups is 3. The average molecular weight is 970 g/mol. The molecule has 11 nitrogen and oxygen atoms in total. The summed E-state index contributed by atoms with van der Waals surface area (Å²) < 4.78 is 82.0. The number of hydrogen-bond donors (Lipinski definition) is 0. The SMILES string of the molecule is CCC1(CCCCCCCCOc2ccc(C(=O)Oc3ccc(OC(=O)c4ccc(OCCCCCCCCC5(C)COC5)c(C(F)(F)F)c4)c(C(=O)OCc4ccc(C#N)cc4)c3)cc2C)COC1. The van der Waals surface area contributed by atoms with Crippen LogP contribution in [-0.4, -0.2) is 57.5 Å². The van der Waals surface area contributed by atoms with Crippen LogP contribution >= 0.6 is 0 Å². The van der Waals surface area contributed by atoms with E-state index in [2.05, 4.69) is 13.8 Å². The molecule has 376 valence electrons. The summed E-state index contributed by atoms with van der Waals surface area (Å²) in [5.74, 6) is -3.12. The fraction of sp³-hybridized carbons (Fsp3) is 0.500. The fourth-order valence-electron chi connectivity index (χ4n) is 8.54. The lowest BCUT2D eigenvalue weighted by Gasteiger charge is -2.41. The van der Waals surface area contributed by atoms with Gasteiger partial charge in [-0.05, 0) is 117 Å². The van der Waals surface area contributed by atoms with Crippen molar-refractivity contribution in [2.24, 2.45) is 10.8 Å². The molecule has 2 aliphatic rings. The highest BCUT2D eigenvalue weighted by molar-refractivity contribution is 5.97. The van der Waals surface area contributed by atoms with Gasteiger partial charge in [-0.1, -0.05) is 90.2 Å². The zero-order valence-electron chi connectivity index (χ0n) is 40.7. The van der Waals surface area contributed by atoms with Crippen LogP contribution in [0.3, 0.4) is 0 Å². The highest BCUT2D eigenvalue weighted by Crippen LogP contribution is 2.39. The molecule has 2 aliphatic heterocycles. The molecule has 4 aromatic carbocycles. The summed E-state index contributed by atoms with van der Waals surface area (Å²) in [6.45, 7) is 10.1. The van der Waals surface area contributed by atoms with Crippen molar-refractivity contribution in [2.75, 3.05) is 39.6 Å². The number of nitriles is 1. The Balaban J connectivity index is 1.04. The van der Waals surface area contributed by atoms with Gasteiger partial charge in [-0.25, -0.2) is 14.4 Å². The number of rotatable bonds is 28. The standard InChI is InChI=1S/C56H66F3NO10/c1-4-55(38-65-39-55)28-14-10-6-8-11-15-29-66-48-24-21-43(31-40(48)2)51(61)69-45-23-26-49(46(33-45)53(63)68-35-42-19-17-41(34-60)18-20-42)70-52(62)44-22-25-50(47(32-44)56(57,58)59)67-30-16-12-7-5-9-13-27-54(3)36-64-37-54/h17-26,31-33H,4-16,27-30,35-39H2,1-3H3. The van der Waals surface area contributed by atoms with Gasteiger partial charge in [-0.2, -0.15) is 18.4 Å². The normalized spacial score (nSPS) is 14.6. The highest BCUT2D eigenvalue weighted by Gasteiger charge is 2.37. The maximum Gasteiger partial charge on any atom is 0.419 e. The highest BCUT2D eigenvalue weighted by atomic mass is 19.4. The summed E-state index contributed by atoms with van der Waals surface area (Å²) in [4.78, 5) is 40.5. The van der Waals surface area contributed by atoms with Crippen LogP contribution in [0.15, 0.2) is 78.9 Å². The summed E-state index contributed by atoms with van der Waals surface area (Å²) in [6, 6.07) is 19.8. The second-order valence-electron chi connectivity index (χ2n) is 19.1. The van der Waals surface area contributed by atoms with Gasteiger partial charge in [-0.3, -0.25) is 0 Å². The Kier molecular flexibility index (Phi) is 19.7. The second-order valence-corrected chi connectivity index (χ2v) is 19.1. The van der Waals surface area contributed by atoms with E-state index in [1.807, 2.05) is 13.0 Å². The summed E-state index contributed by atoms with van der Waals surface area (Å²) in [7, 11) is 0. The fourth-order valence-corrected chi connectivity index (χ4v) is 8.54. The molecule has 6 rings (SSSR count). The first-order valence-electron chi connectivity index (χ1n) is 24.7. The lowest BCUT2D eigenvalue weighted by atomic mass is 9.78. The second kappa shape index (κ2) is 25.8. The first kappa shape index (κ1) is 53.4. The molecule has 2 fully saturated rings. The van der Waals surface area contributed by atoms with Crippen molar-refractivity contribution >= 4 is 17.9 Å². The number of aryl methyl sites for hydroxylation is 1. The quantitative estimate of drug-likeness (QED) is 0.0305. The molecule has 0 aliphatic carbocycles. The predicted molar refractivity (Wildman–Crippen MR) is 257 cm³/mol. The molecule has 0 bridgehead atoms. The number of carbonyl (C=O) groups excluding carboxylic acids is 3. The van der Waals surface area contributed by atoms with Crippen LogP contribution in [0.2, 0.25) is 0 Å². The average Bonchev–Trinajstić information content (AvgIpc) is 3.32. The Morgan fingerprint density at radius 3 is 1.77 bits per heavy atom. The third-order valence-electron chi connectivity index (χ3n) is 13.2. The number of hydrogen-bond acceptors (Lipinski definition) is 11. The molecule has 2 heterocycles. The van der Waals surface area contributed by atoms with E-state index < -0.39 is 41.0 Å². The lowest BCUT2D eigenvalue weighted by Crippen LogP contribution is -2.41. The van der Waals surface area contributed by atoms with E-state index in [1.54, 1.807) is 42.5 Å². The largest absolute Gasteiger partial charge is 0.493 e. The van der Waals surface area contributed by atoms with Crippen molar-refractivity contribution in [3.63, 3.8) is 0 Å². The Bertz CT molecular complexity index is 2400. The molecule has 0 atom stereocenters. The molecule has 0 N–H and O–H groups in total.